The van der Waals surface area contributed by atoms with Crippen molar-refractivity contribution in [2.45, 2.75) is 174 Å². The third-order valence-corrected chi connectivity index (χ3v) is 7.70. The van der Waals surface area contributed by atoms with Crippen LogP contribution in [0.2, 0.25) is 0 Å². The smallest absolute Gasteiger partial charge is 0.306 e. The minimum absolute atomic E-state index is 0.105. The summed E-state index contributed by atoms with van der Waals surface area (Å²) in [4.78, 5) is 24.1. The van der Waals surface area contributed by atoms with E-state index in [0.717, 1.165) is 64.2 Å². The van der Waals surface area contributed by atoms with E-state index in [9.17, 15) is 19.8 Å². The van der Waals surface area contributed by atoms with Crippen LogP contribution in [0.1, 0.15) is 162 Å². The molecule has 0 aromatic carbocycles. The Labute approximate surface area is 276 Å². The summed E-state index contributed by atoms with van der Waals surface area (Å²) in [6.45, 7) is 3.92. The average Bonchev–Trinajstić information content (AvgIpc) is 3.04. The Bertz CT molecular complexity index is 784. The number of unbranched alkanes of at least 4 members (excludes halogenated alkanes) is 14. The fourth-order valence-corrected chi connectivity index (χ4v) is 4.86. The number of aliphatic hydroxyl groups excluding tert-OH is 2. The van der Waals surface area contributed by atoms with E-state index in [-0.39, 0.29) is 31.3 Å². The quantitative estimate of drug-likeness (QED) is 0.0435. The number of carbonyl (C=O) groups excluding carboxylic acids is 2. The van der Waals surface area contributed by atoms with Crippen LogP contribution >= 0.6 is 0 Å². The van der Waals surface area contributed by atoms with Crippen molar-refractivity contribution < 1.29 is 29.3 Å². The molecule has 0 aromatic heterocycles. The maximum atomic E-state index is 12.1. The number of aliphatic hydroxyl groups is 2. The molecule has 0 fully saturated rings. The molecule has 2 N–H and O–H groups in total. The van der Waals surface area contributed by atoms with Crippen molar-refractivity contribution in [2.24, 2.45) is 0 Å². The third kappa shape index (κ3) is 33.0. The van der Waals surface area contributed by atoms with Gasteiger partial charge in [-0.25, -0.2) is 0 Å². The fraction of sp³-hybridized carbons (Fsp3) is 0.744. The standard InChI is InChI=1S/C39H68O6/c1-3-5-7-8-9-10-11-12-17-20-23-26-29-33-39(43)45-37(34-40)35-44-38(42)32-28-25-22-19-16-14-13-15-18-21-24-27-31-36(41)30-6-4-2/h13-14,18-19,21-22,27,31,36-37,40-41H,3-12,15-17,20,23-26,28-30,32-35H2,1-2H3/b14-13-,21-18-,22-19-,31-27-/t36-,37-/m0/s1. The first-order valence-corrected chi connectivity index (χ1v) is 18.3. The number of rotatable bonds is 32. The van der Waals surface area contributed by atoms with Crippen molar-refractivity contribution in [1.82, 2.24) is 0 Å². The lowest BCUT2D eigenvalue weighted by Gasteiger charge is -2.15. The molecule has 0 saturated carbocycles. The van der Waals surface area contributed by atoms with Gasteiger partial charge < -0.3 is 19.7 Å². The van der Waals surface area contributed by atoms with E-state index < -0.39 is 6.10 Å². The first kappa shape index (κ1) is 42.8. The summed E-state index contributed by atoms with van der Waals surface area (Å²) in [5.74, 6) is -0.680. The lowest BCUT2D eigenvalue weighted by molar-refractivity contribution is -0.161. The fourth-order valence-electron chi connectivity index (χ4n) is 4.86. The zero-order chi connectivity index (χ0) is 33.1. The van der Waals surface area contributed by atoms with Gasteiger partial charge in [-0.1, -0.05) is 152 Å². The topological polar surface area (TPSA) is 93.1 Å². The Morgan fingerprint density at radius 3 is 1.64 bits per heavy atom. The minimum Gasteiger partial charge on any atom is -0.462 e. The molecule has 260 valence electrons. The van der Waals surface area contributed by atoms with Crippen LogP contribution in [-0.4, -0.2) is 47.6 Å². The zero-order valence-electron chi connectivity index (χ0n) is 29.0. The van der Waals surface area contributed by atoms with Crippen LogP contribution in [0.3, 0.4) is 0 Å². The Balaban J connectivity index is 3.72. The predicted molar refractivity (Wildman–Crippen MR) is 188 cm³/mol. The highest BCUT2D eigenvalue weighted by Gasteiger charge is 2.16. The van der Waals surface area contributed by atoms with E-state index >= 15 is 0 Å². The predicted octanol–water partition coefficient (Wildman–Crippen LogP) is 10.0. The first-order valence-electron chi connectivity index (χ1n) is 18.3. The van der Waals surface area contributed by atoms with E-state index in [1.807, 2.05) is 12.2 Å². The van der Waals surface area contributed by atoms with Crippen LogP contribution in [0.25, 0.3) is 0 Å². The van der Waals surface area contributed by atoms with Crippen LogP contribution in [0, 0.1) is 0 Å². The number of carbonyl (C=O) groups is 2. The summed E-state index contributed by atoms with van der Waals surface area (Å²) in [7, 11) is 0. The summed E-state index contributed by atoms with van der Waals surface area (Å²) in [6.07, 6.45) is 39.3. The van der Waals surface area contributed by atoms with Gasteiger partial charge in [0.25, 0.3) is 0 Å². The molecule has 2 atom stereocenters. The highest BCUT2D eigenvalue weighted by atomic mass is 16.6. The number of esters is 2. The molecule has 0 amide bonds. The number of allylic oxidation sites excluding steroid dienone is 7. The largest absolute Gasteiger partial charge is 0.462 e. The van der Waals surface area contributed by atoms with Gasteiger partial charge in [0.05, 0.1) is 12.7 Å². The molecule has 0 aliphatic heterocycles. The van der Waals surface area contributed by atoms with E-state index in [2.05, 4.69) is 50.3 Å². The molecule has 0 heterocycles. The normalized spacial score (nSPS) is 13.4. The molecule has 0 aliphatic rings. The molecular weight excluding hydrogens is 564 g/mol. The van der Waals surface area contributed by atoms with Crippen molar-refractivity contribution in [1.29, 1.82) is 0 Å². The molecule has 0 spiro atoms. The summed E-state index contributed by atoms with van der Waals surface area (Å²) >= 11 is 0. The molecule has 0 rings (SSSR count). The Hall–Kier alpha value is -2.18. The van der Waals surface area contributed by atoms with E-state index in [1.54, 1.807) is 0 Å². The Kier molecular flexibility index (Phi) is 33.0. The lowest BCUT2D eigenvalue weighted by atomic mass is 10.0. The van der Waals surface area contributed by atoms with Crippen LogP contribution < -0.4 is 0 Å². The molecule has 6 nitrogen and oxygen atoms in total. The second-order valence-electron chi connectivity index (χ2n) is 12.1. The summed E-state index contributed by atoms with van der Waals surface area (Å²) in [6, 6.07) is 0. The molecule has 0 bridgehead atoms. The minimum atomic E-state index is -0.801. The highest BCUT2D eigenvalue weighted by molar-refractivity contribution is 5.70. The SMILES string of the molecule is CCCCCCCCCCCCCCCC(=O)O[C@@H](CO)COC(=O)CCC/C=C\C/C=C\C/C=C\C/C=C\[C@@H](O)CCCC. The van der Waals surface area contributed by atoms with Crippen molar-refractivity contribution >= 4 is 11.9 Å². The van der Waals surface area contributed by atoms with Gasteiger partial charge in [-0.15, -0.1) is 0 Å². The number of hydrogen-bond acceptors (Lipinski definition) is 6. The van der Waals surface area contributed by atoms with Gasteiger partial charge >= 0.3 is 11.9 Å². The summed E-state index contributed by atoms with van der Waals surface area (Å²) in [5, 5.41) is 19.3. The summed E-state index contributed by atoms with van der Waals surface area (Å²) < 4.78 is 10.5. The molecule has 0 aliphatic carbocycles. The van der Waals surface area contributed by atoms with Gasteiger partial charge in [-0.3, -0.25) is 9.59 Å². The highest BCUT2D eigenvalue weighted by Crippen LogP contribution is 2.13. The van der Waals surface area contributed by atoms with Gasteiger partial charge in [0, 0.05) is 12.8 Å². The first-order chi connectivity index (χ1) is 22.0. The number of ether oxygens (including phenoxy) is 2. The van der Waals surface area contributed by atoms with Crippen molar-refractivity contribution in [3.8, 4) is 0 Å². The number of hydrogen-bond donors (Lipinski definition) is 2. The second-order valence-corrected chi connectivity index (χ2v) is 12.1. The van der Waals surface area contributed by atoms with Crippen LogP contribution in [-0.2, 0) is 19.1 Å². The molecule has 0 unspecified atom stereocenters. The molecule has 0 saturated heterocycles. The van der Waals surface area contributed by atoms with Crippen LogP contribution in [0.5, 0.6) is 0 Å². The van der Waals surface area contributed by atoms with Crippen LogP contribution in [0.15, 0.2) is 48.6 Å². The van der Waals surface area contributed by atoms with E-state index in [0.29, 0.717) is 19.3 Å². The van der Waals surface area contributed by atoms with Gasteiger partial charge in [-0.05, 0) is 44.9 Å². The molecule has 0 radical (unpaired) electrons. The summed E-state index contributed by atoms with van der Waals surface area (Å²) in [5.41, 5.74) is 0. The van der Waals surface area contributed by atoms with Crippen molar-refractivity contribution in [2.75, 3.05) is 13.2 Å². The van der Waals surface area contributed by atoms with Gasteiger partial charge in [0.1, 0.15) is 6.61 Å². The maximum absolute atomic E-state index is 12.1. The Morgan fingerprint density at radius 2 is 1.09 bits per heavy atom. The van der Waals surface area contributed by atoms with Crippen molar-refractivity contribution in [3.63, 3.8) is 0 Å². The van der Waals surface area contributed by atoms with Crippen LogP contribution in [0.4, 0.5) is 0 Å². The van der Waals surface area contributed by atoms with Crippen molar-refractivity contribution in [3.05, 3.63) is 48.6 Å². The maximum Gasteiger partial charge on any atom is 0.306 e. The van der Waals surface area contributed by atoms with Gasteiger partial charge in [-0.2, -0.15) is 0 Å². The third-order valence-electron chi connectivity index (χ3n) is 7.70. The second kappa shape index (κ2) is 34.7. The van der Waals surface area contributed by atoms with E-state index in [4.69, 9.17) is 9.47 Å². The van der Waals surface area contributed by atoms with Gasteiger partial charge in [0.15, 0.2) is 6.10 Å². The molecule has 0 aromatic rings. The zero-order valence-corrected chi connectivity index (χ0v) is 29.0. The van der Waals surface area contributed by atoms with E-state index in [1.165, 1.54) is 64.2 Å². The molecular formula is C39H68O6. The molecule has 45 heavy (non-hydrogen) atoms. The van der Waals surface area contributed by atoms with Gasteiger partial charge in [0.2, 0.25) is 0 Å². The Morgan fingerprint density at radius 1 is 0.600 bits per heavy atom. The monoisotopic (exact) mass is 633 g/mol. The molecule has 6 heteroatoms. The average molecular weight is 633 g/mol. The lowest BCUT2D eigenvalue weighted by Crippen LogP contribution is -2.28.